The van der Waals surface area contributed by atoms with Crippen LogP contribution in [0.25, 0.3) is 16.7 Å². The zero-order valence-electron chi connectivity index (χ0n) is 17.7. The van der Waals surface area contributed by atoms with E-state index in [9.17, 15) is 4.39 Å². The number of nitrogens with zero attached hydrogens (tertiary/aromatic N) is 4. The van der Waals surface area contributed by atoms with Gasteiger partial charge in [-0.15, -0.1) is 10.2 Å². The van der Waals surface area contributed by atoms with E-state index < -0.39 is 0 Å². The summed E-state index contributed by atoms with van der Waals surface area (Å²) in [6.07, 6.45) is 0. The predicted molar refractivity (Wildman–Crippen MR) is 131 cm³/mol. The number of ether oxygens (including phenoxy) is 1. The molecule has 0 aliphatic heterocycles. The molecule has 33 heavy (non-hydrogen) atoms. The highest BCUT2D eigenvalue weighted by Gasteiger charge is 2.16. The van der Waals surface area contributed by atoms with Crippen LogP contribution in [0.3, 0.4) is 0 Å². The molecule has 0 atom stereocenters. The maximum atomic E-state index is 14.4. The molecule has 5 aromatic rings. The number of hydrogen-bond donors (Lipinski definition) is 1. The van der Waals surface area contributed by atoms with Crippen molar-refractivity contribution in [2.45, 2.75) is 16.6 Å². The van der Waals surface area contributed by atoms with Crippen molar-refractivity contribution in [3.63, 3.8) is 0 Å². The van der Waals surface area contributed by atoms with Gasteiger partial charge in [-0.1, -0.05) is 59.5 Å². The summed E-state index contributed by atoms with van der Waals surface area (Å²) in [5.74, 6) is 1.80. The third kappa shape index (κ3) is 4.69. The number of fused-ring (bicyclic) bond motifs is 1. The Labute approximate surface area is 198 Å². The van der Waals surface area contributed by atoms with E-state index in [-0.39, 0.29) is 5.82 Å². The fourth-order valence-electron chi connectivity index (χ4n) is 3.46. The van der Waals surface area contributed by atoms with Crippen molar-refractivity contribution in [2.75, 3.05) is 12.4 Å². The van der Waals surface area contributed by atoms with Gasteiger partial charge in [0.15, 0.2) is 10.2 Å². The average Bonchev–Trinajstić information content (AvgIpc) is 3.47. The molecule has 0 amide bonds. The number of methoxy groups -OCH3 is 1. The zero-order valence-corrected chi connectivity index (χ0v) is 19.4. The molecule has 5 rings (SSSR count). The van der Waals surface area contributed by atoms with E-state index in [1.807, 2.05) is 65.2 Å². The number of aromatic nitrogens is 4. The van der Waals surface area contributed by atoms with Crippen LogP contribution in [0, 0.1) is 5.82 Å². The summed E-state index contributed by atoms with van der Waals surface area (Å²) in [5, 5.41) is 12.6. The van der Waals surface area contributed by atoms with Crippen molar-refractivity contribution in [3.8, 4) is 11.4 Å². The molecular formula is C24H20FN5OS2. The van der Waals surface area contributed by atoms with Gasteiger partial charge in [0.2, 0.25) is 5.13 Å². The molecule has 9 heteroatoms. The normalized spacial score (nSPS) is 11.1. The summed E-state index contributed by atoms with van der Waals surface area (Å²) in [6.45, 7) is 0.645. The molecular weight excluding hydrogens is 457 g/mol. The van der Waals surface area contributed by atoms with Gasteiger partial charge in [0.1, 0.15) is 17.1 Å². The SMILES string of the molecule is COc1ccc(CNc2nnc(SCc3nc4c(F)cccc4n3-c3ccccc3)s2)cc1. The van der Waals surface area contributed by atoms with Crippen LogP contribution < -0.4 is 10.1 Å². The van der Waals surface area contributed by atoms with Crippen LogP contribution in [-0.2, 0) is 12.3 Å². The van der Waals surface area contributed by atoms with Gasteiger partial charge in [0, 0.05) is 12.2 Å². The number of para-hydroxylation sites is 2. The molecule has 0 fully saturated rings. The Bertz CT molecular complexity index is 1370. The first-order chi connectivity index (χ1) is 16.2. The van der Waals surface area contributed by atoms with E-state index in [0.717, 1.165) is 37.8 Å². The molecule has 2 heterocycles. The smallest absolute Gasteiger partial charge is 0.206 e. The molecule has 0 unspecified atom stereocenters. The minimum atomic E-state index is -0.325. The molecule has 0 radical (unpaired) electrons. The molecule has 2 aromatic heterocycles. The monoisotopic (exact) mass is 477 g/mol. The second kappa shape index (κ2) is 9.60. The lowest BCUT2D eigenvalue weighted by Gasteiger charge is -2.08. The Morgan fingerprint density at radius 2 is 1.82 bits per heavy atom. The summed E-state index contributed by atoms with van der Waals surface area (Å²) in [4.78, 5) is 4.60. The molecule has 6 nitrogen and oxygen atoms in total. The van der Waals surface area contributed by atoms with Crippen LogP contribution in [0.2, 0.25) is 0 Å². The van der Waals surface area contributed by atoms with Gasteiger partial charge in [-0.2, -0.15) is 0 Å². The first-order valence-corrected chi connectivity index (χ1v) is 12.1. The van der Waals surface area contributed by atoms with Gasteiger partial charge in [-0.25, -0.2) is 9.37 Å². The number of hydrogen-bond acceptors (Lipinski definition) is 7. The Balaban J connectivity index is 1.31. The summed E-state index contributed by atoms with van der Waals surface area (Å²) in [5.41, 5.74) is 3.19. The van der Waals surface area contributed by atoms with E-state index in [0.29, 0.717) is 17.8 Å². The van der Waals surface area contributed by atoms with Crippen molar-refractivity contribution in [2.24, 2.45) is 0 Å². The number of rotatable bonds is 8. The van der Waals surface area contributed by atoms with Crippen LogP contribution in [-0.4, -0.2) is 26.9 Å². The van der Waals surface area contributed by atoms with Crippen LogP contribution in [0.1, 0.15) is 11.4 Å². The highest BCUT2D eigenvalue weighted by molar-refractivity contribution is 8.00. The van der Waals surface area contributed by atoms with Crippen molar-refractivity contribution < 1.29 is 9.13 Å². The Hall–Kier alpha value is -3.43. The number of nitrogens with one attached hydrogen (secondary N) is 1. The topological polar surface area (TPSA) is 64.9 Å². The van der Waals surface area contributed by atoms with Crippen LogP contribution >= 0.6 is 23.1 Å². The van der Waals surface area contributed by atoms with E-state index in [1.165, 1.54) is 29.2 Å². The van der Waals surface area contributed by atoms with Gasteiger partial charge >= 0.3 is 0 Å². The summed E-state index contributed by atoms with van der Waals surface area (Å²) >= 11 is 3.02. The fourth-order valence-corrected chi connectivity index (χ4v) is 5.13. The van der Waals surface area contributed by atoms with Crippen LogP contribution in [0.5, 0.6) is 5.75 Å². The maximum absolute atomic E-state index is 14.4. The predicted octanol–water partition coefficient (Wildman–Crippen LogP) is 5.93. The molecule has 1 N–H and O–H groups in total. The molecule has 0 saturated carbocycles. The number of benzene rings is 3. The van der Waals surface area contributed by atoms with Gasteiger partial charge in [0.25, 0.3) is 0 Å². The number of imidazole rings is 1. The van der Waals surface area contributed by atoms with E-state index in [2.05, 4.69) is 20.5 Å². The van der Waals surface area contributed by atoms with Gasteiger partial charge < -0.3 is 10.1 Å². The molecule has 0 spiro atoms. The minimum absolute atomic E-state index is 0.325. The Kier molecular flexibility index (Phi) is 6.23. The minimum Gasteiger partial charge on any atom is -0.497 e. The quantitative estimate of drug-likeness (QED) is 0.280. The highest BCUT2D eigenvalue weighted by Crippen LogP contribution is 2.31. The first-order valence-electron chi connectivity index (χ1n) is 10.3. The van der Waals surface area contributed by atoms with Gasteiger partial charge in [-0.05, 0) is 42.0 Å². The van der Waals surface area contributed by atoms with Crippen molar-refractivity contribution in [1.82, 2.24) is 19.7 Å². The molecule has 0 saturated heterocycles. The molecule has 166 valence electrons. The van der Waals surface area contributed by atoms with Gasteiger partial charge in [-0.3, -0.25) is 4.57 Å². The second-order valence-corrected chi connectivity index (χ2v) is 9.37. The molecule has 0 aliphatic rings. The lowest BCUT2D eigenvalue weighted by Crippen LogP contribution is -1.99. The van der Waals surface area contributed by atoms with Crippen LogP contribution in [0.4, 0.5) is 9.52 Å². The van der Waals surface area contributed by atoms with E-state index in [4.69, 9.17) is 4.74 Å². The lowest BCUT2D eigenvalue weighted by atomic mass is 10.2. The Morgan fingerprint density at radius 1 is 1.00 bits per heavy atom. The molecule has 0 bridgehead atoms. The summed E-state index contributed by atoms with van der Waals surface area (Å²) < 4.78 is 22.4. The van der Waals surface area contributed by atoms with E-state index >= 15 is 0 Å². The second-order valence-electron chi connectivity index (χ2n) is 7.17. The zero-order chi connectivity index (χ0) is 22.6. The first kappa shape index (κ1) is 21.4. The number of anilines is 1. The number of halogens is 1. The molecule has 0 aliphatic carbocycles. The van der Waals surface area contributed by atoms with Crippen molar-refractivity contribution in [3.05, 3.63) is 90.0 Å². The lowest BCUT2D eigenvalue weighted by molar-refractivity contribution is 0.414. The third-order valence-electron chi connectivity index (χ3n) is 5.05. The Morgan fingerprint density at radius 3 is 2.61 bits per heavy atom. The largest absolute Gasteiger partial charge is 0.497 e. The van der Waals surface area contributed by atoms with Crippen LogP contribution in [0.15, 0.2) is 77.1 Å². The third-order valence-corrected chi connectivity index (χ3v) is 7.06. The average molecular weight is 478 g/mol. The van der Waals surface area contributed by atoms with Crippen molar-refractivity contribution in [1.29, 1.82) is 0 Å². The maximum Gasteiger partial charge on any atom is 0.206 e. The summed E-state index contributed by atoms with van der Waals surface area (Å²) in [7, 11) is 1.65. The molecule has 3 aromatic carbocycles. The van der Waals surface area contributed by atoms with Gasteiger partial charge in [0.05, 0.1) is 18.4 Å². The van der Waals surface area contributed by atoms with Crippen molar-refractivity contribution >= 4 is 39.3 Å². The summed E-state index contributed by atoms with van der Waals surface area (Å²) in [6, 6.07) is 22.8. The standard InChI is InChI=1S/C24H20FN5OS2/c1-31-18-12-10-16(11-13-18)14-26-23-28-29-24(33-23)32-15-21-27-22-19(25)8-5-9-20(22)30(21)17-6-3-2-4-7-17/h2-13H,14-15H2,1H3,(H,26,28). The number of thioether (sulfide) groups is 1. The highest BCUT2D eigenvalue weighted by atomic mass is 32.2. The fraction of sp³-hybridized carbons (Fsp3) is 0.125. The van der Waals surface area contributed by atoms with E-state index in [1.54, 1.807) is 13.2 Å².